The topological polar surface area (TPSA) is 20.3 Å². The first-order valence-electron chi connectivity index (χ1n) is 7.80. The smallest absolute Gasteiger partial charge is 0.235 e. The van der Waals surface area contributed by atoms with E-state index < -0.39 is 0 Å². The maximum absolute atomic E-state index is 13.0. The molecule has 0 bridgehead atoms. The first kappa shape index (κ1) is 12.6. The summed E-state index contributed by atoms with van der Waals surface area (Å²) in [4.78, 5) is 15.2. The van der Waals surface area contributed by atoms with E-state index in [1.807, 2.05) is 18.2 Å². The average molecular weight is 277 g/mol. The first-order chi connectivity index (χ1) is 10.4. The second-order valence-corrected chi connectivity index (χ2v) is 6.02. The molecule has 0 N–H and O–H groups in total. The summed E-state index contributed by atoms with van der Waals surface area (Å²) in [5.41, 5.74) is 3.67. The summed E-state index contributed by atoms with van der Waals surface area (Å²) in [5.74, 6) is 0.154. The predicted molar refractivity (Wildman–Crippen MR) is 83.0 cm³/mol. The molecule has 0 aromatic heterocycles. The van der Waals surface area contributed by atoms with Crippen molar-refractivity contribution in [1.29, 1.82) is 0 Å². The van der Waals surface area contributed by atoms with Gasteiger partial charge < -0.3 is 4.90 Å². The number of nitrogens with zero attached hydrogens (tertiary/aromatic N) is 1. The Balaban J connectivity index is 1.88. The van der Waals surface area contributed by atoms with Gasteiger partial charge in [-0.25, -0.2) is 0 Å². The minimum Gasteiger partial charge on any atom is -0.335 e. The number of hydrogen-bond donors (Lipinski definition) is 0. The van der Waals surface area contributed by atoms with E-state index in [-0.39, 0.29) is 11.8 Å². The van der Waals surface area contributed by atoms with Crippen LogP contribution in [0.2, 0.25) is 0 Å². The number of carbonyl (C=O) groups excluding carboxylic acids is 1. The van der Waals surface area contributed by atoms with Gasteiger partial charge in [0.25, 0.3) is 0 Å². The van der Waals surface area contributed by atoms with Gasteiger partial charge in [-0.2, -0.15) is 0 Å². The van der Waals surface area contributed by atoms with E-state index in [9.17, 15) is 4.79 Å². The Bertz CT molecular complexity index is 664. The monoisotopic (exact) mass is 277 g/mol. The molecule has 21 heavy (non-hydrogen) atoms. The molecule has 0 saturated carbocycles. The van der Waals surface area contributed by atoms with Crippen LogP contribution < -0.4 is 0 Å². The summed E-state index contributed by atoms with van der Waals surface area (Å²) in [6.45, 7) is 0.904. The zero-order chi connectivity index (χ0) is 14.2. The molecule has 4 rings (SSSR count). The lowest BCUT2D eigenvalue weighted by molar-refractivity contribution is -0.137. The van der Waals surface area contributed by atoms with Gasteiger partial charge in [-0.05, 0) is 36.0 Å². The van der Waals surface area contributed by atoms with Crippen LogP contribution in [0, 0.1) is 0 Å². The van der Waals surface area contributed by atoms with Gasteiger partial charge in [-0.3, -0.25) is 4.79 Å². The van der Waals surface area contributed by atoms with Crippen LogP contribution in [0.1, 0.15) is 47.9 Å². The van der Waals surface area contributed by atoms with Crippen LogP contribution in [0.15, 0.2) is 54.6 Å². The third-order valence-electron chi connectivity index (χ3n) is 4.83. The van der Waals surface area contributed by atoms with E-state index in [1.165, 1.54) is 17.5 Å². The van der Waals surface area contributed by atoms with Crippen molar-refractivity contribution in [2.75, 3.05) is 6.54 Å². The van der Waals surface area contributed by atoms with Crippen molar-refractivity contribution in [2.24, 2.45) is 0 Å². The maximum atomic E-state index is 13.0. The highest BCUT2D eigenvalue weighted by molar-refractivity contribution is 5.90. The van der Waals surface area contributed by atoms with Gasteiger partial charge in [0, 0.05) is 6.54 Å². The number of fused-ring (bicyclic) bond motifs is 3. The third kappa shape index (κ3) is 1.98. The number of rotatable bonds is 1. The second-order valence-electron chi connectivity index (χ2n) is 6.02. The predicted octanol–water partition coefficient (Wildman–Crippen LogP) is 3.89. The fraction of sp³-hybridized carbons (Fsp3) is 0.316. The molecule has 2 heteroatoms. The Hall–Kier alpha value is -2.09. The van der Waals surface area contributed by atoms with Crippen LogP contribution in [0.3, 0.4) is 0 Å². The molecule has 2 aromatic rings. The van der Waals surface area contributed by atoms with Crippen LogP contribution >= 0.6 is 0 Å². The van der Waals surface area contributed by atoms with Crippen LogP contribution in [0.5, 0.6) is 0 Å². The molecule has 106 valence electrons. The minimum atomic E-state index is -0.128. The summed E-state index contributed by atoms with van der Waals surface area (Å²) < 4.78 is 0. The quantitative estimate of drug-likeness (QED) is 0.774. The molecule has 2 atom stereocenters. The van der Waals surface area contributed by atoms with Gasteiger partial charge in [-0.15, -0.1) is 0 Å². The van der Waals surface area contributed by atoms with Gasteiger partial charge >= 0.3 is 0 Å². The molecule has 0 spiro atoms. The molecule has 2 nitrogen and oxygen atoms in total. The molecule has 0 radical (unpaired) electrons. The molecule has 2 heterocycles. The minimum absolute atomic E-state index is 0.128. The Morgan fingerprint density at radius 2 is 1.57 bits per heavy atom. The molecule has 1 fully saturated rings. The van der Waals surface area contributed by atoms with Gasteiger partial charge in [0.1, 0.15) is 0 Å². The molecule has 0 aliphatic carbocycles. The van der Waals surface area contributed by atoms with Crippen molar-refractivity contribution >= 4 is 5.91 Å². The fourth-order valence-corrected chi connectivity index (χ4v) is 3.86. The SMILES string of the molecule is O=C1C(c2ccccc2)c2ccccc2C2CCCCN12. The molecule has 2 aromatic carbocycles. The van der Waals surface area contributed by atoms with Crippen molar-refractivity contribution in [2.45, 2.75) is 31.2 Å². The molecular weight excluding hydrogens is 258 g/mol. The van der Waals surface area contributed by atoms with Crippen LogP contribution in [-0.4, -0.2) is 17.4 Å². The Morgan fingerprint density at radius 1 is 0.857 bits per heavy atom. The number of carbonyl (C=O) groups is 1. The maximum Gasteiger partial charge on any atom is 0.235 e. The van der Waals surface area contributed by atoms with Crippen molar-refractivity contribution < 1.29 is 4.79 Å². The van der Waals surface area contributed by atoms with Crippen molar-refractivity contribution in [3.63, 3.8) is 0 Å². The zero-order valence-electron chi connectivity index (χ0n) is 12.0. The summed E-state index contributed by atoms with van der Waals surface area (Å²) in [6, 6.07) is 19.0. The number of hydrogen-bond acceptors (Lipinski definition) is 1. The molecule has 2 aliphatic rings. The summed E-state index contributed by atoms with van der Waals surface area (Å²) in [7, 11) is 0. The lowest BCUT2D eigenvalue weighted by atomic mass is 9.78. The van der Waals surface area contributed by atoms with Crippen molar-refractivity contribution in [3.8, 4) is 0 Å². The lowest BCUT2D eigenvalue weighted by Crippen LogP contribution is -2.45. The standard InChI is InChI=1S/C19H19NO/c21-19-18(14-8-2-1-3-9-14)16-11-5-4-10-15(16)17-12-6-7-13-20(17)19/h1-5,8-11,17-18H,6-7,12-13H2. The first-order valence-corrected chi connectivity index (χ1v) is 7.80. The van der Waals surface area contributed by atoms with Gasteiger partial charge in [0.2, 0.25) is 5.91 Å². The average Bonchev–Trinajstić information content (AvgIpc) is 2.56. The van der Waals surface area contributed by atoms with Crippen molar-refractivity contribution in [1.82, 2.24) is 4.90 Å². The van der Waals surface area contributed by atoms with Crippen LogP contribution in [0.4, 0.5) is 0 Å². The number of piperidine rings is 1. The van der Waals surface area contributed by atoms with Crippen molar-refractivity contribution in [3.05, 3.63) is 71.3 Å². The number of amides is 1. The highest BCUT2D eigenvalue weighted by Gasteiger charge is 2.40. The highest BCUT2D eigenvalue weighted by Crippen LogP contribution is 2.43. The summed E-state index contributed by atoms with van der Waals surface area (Å²) in [5, 5.41) is 0. The zero-order valence-corrected chi connectivity index (χ0v) is 12.0. The highest BCUT2D eigenvalue weighted by atomic mass is 16.2. The summed E-state index contributed by atoms with van der Waals surface area (Å²) >= 11 is 0. The van der Waals surface area contributed by atoms with Gasteiger partial charge in [0.15, 0.2) is 0 Å². The molecule has 2 unspecified atom stereocenters. The van der Waals surface area contributed by atoms with E-state index in [0.717, 1.165) is 24.9 Å². The van der Waals surface area contributed by atoms with E-state index in [1.54, 1.807) is 0 Å². The van der Waals surface area contributed by atoms with E-state index in [0.29, 0.717) is 6.04 Å². The fourth-order valence-electron chi connectivity index (χ4n) is 3.86. The molecule has 2 aliphatic heterocycles. The molecule has 1 amide bonds. The molecule has 1 saturated heterocycles. The van der Waals surface area contributed by atoms with Gasteiger partial charge in [0.05, 0.1) is 12.0 Å². The van der Waals surface area contributed by atoms with Crippen LogP contribution in [0.25, 0.3) is 0 Å². The Kier molecular flexibility index (Phi) is 3.03. The third-order valence-corrected chi connectivity index (χ3v) is 4.83. The lowest BCUT2D eigenvalue weighted by Gasteiger charge is -2.43. The largest absolute Gasteiger partial charge is 0.335 e. The Morgan fingerprint density at radius 3 is 2.38 bits per heavy atom. The van der Waals surface area contributed by atoms with E-state index >= 15 is 0 Å². The summed E-state index contributed by atoms with van der Waals surface area (Å²) in [6.07, 6.45) is 3.45. The second kappa shape index (κ2) is 5.03. The van der Waals surface area contributed by atoms with E-state index in [2.05, 4.69) is 41.3 Å². The Labute approximate surface area is 125 Å². The molecular formula is C19H19NO. The van der Waals surface area contributed by atoms with E-state index in [4.69, 9.17) is 0 Å². The van der Waals surface area contributed by atoms with Crippen LogP contribution in [-0.2, 0) is 4.79 Å². The normalized spacial score (nSPS) is 24.4. The number of benzene rings is 2. The van der Waals surface area contributed by atoms with Gasteiger partial charge in [-0.1, -0.05) is 54.6 Å².